The van der Waals surface area contributed by atoms with Gasteiger partial charge in [0.1, 0.15) is 11.9 Å². The lowest BCUT2D eigenvalue weighted by Gasteiger charge is -2.22. The van der Waals surface area contributed by atoms with E-state index >= 15 is 0 Å². The third kappa shape index (κ3) is 4.43. The van der Waals surface area contributed by atoms with E-state index in [1.165, 1.54) is 6.42 Å². The van der Waals surface area contributed by atoms with E-state index in [-0.39, 0.29) is 30.8 Å². The number of fused-ring (bicyclic) bond motifs is 1. The molecule has 0 aromatic heterocycles. The number of ketones is 1. The number of hydrogen-bond acceptors (Lipinski definition) is 4. The maximum atomic E-state index is 12.7. The quantitative estimate of drug-likeness (QED) is 0.546. The Morgan fingerprint density at radius 3 is 2.73 bits per heavy atom. The fourth-order valence-corrected chi connectivity index (χ4v) is 3.68. The number of hydrogen-bond donors (Lipinski definition) is 0. The smallest absolute Gasteiger partial charge is 0.334 e. The Morgan fingerprint density at radius 1 is 1.19 bits per heavy atom. The average molecular weight is 354 g/mol. The summed E-state index contributed by atoms with van der Waals surface area (Å²) < 4.78 is 10.9. The van der Waals surface area contributed by atoms with E-state index in [0.717, 1.165) is 36.8 Å². The van der Waals surface area contributed by atoms with Crippen molar-refractivity contribution in [3.63, 3.8) is 0 Å². The van der Waals surface area contributed by atoms with Gasteiger partial charge in [0.2, 0.25) is 0 Å². The summed E-state index contributed by atoms with van der Waals surface area (Å²) in [5.74, 6) is -0.211. The molecule has 0 spiro atoms. The van der Waals surface area contributed by atoms with Crippen LogP contribution in [0, 0.1) is 5.92 Å². The van der Waals surface area contributed by atoms with Gasteiger partial charge in [-0.15, -0.1) is 0 Å². The summed E-state index contributed by atoms with van der Waals surface area (Å²) in [6.07, 6.45) is 10.3. The molecule has 3 rings (SSSR count). The van der Waals surface area contributed by atoms with Crippen molar-refractivity contribution in [2.75, 3.05) is 6.61 Å². The molecular formula is C22H26O4. The summed E-state index contributed by atoms with van der Waals surface area (Å²) in [7, 11) is 0. The fraction of sp³-hybridized carbons (Fsp3) is 0.455. The Morgan fingerprint density at radius 2 is 1.96 bits per heavy atom. The van der Waals surface area contributed by atoms with Gasteiger partial charge in [-0.2, -0.15) is 0 Å². The van der Waals surface area contributed by atoms with Crippen molar-refractivity contribution in [2.45, 2.75) is 51.6 Å². The Bertz CT molecular complexity index is 711. The zero-order chi connectivity index (χ0) is 18.4. The molecule has 4 heteroatoms. The van der Waals surface area contributed by atoms with Crippen LogP contribution in [0.3, 0.4) is 0 Å². The van der Waals surface area contributed by atoms with E-state index in [0.29, 0.717) is 5.57 Å². The van der Waals surface area contributed by atoms with Crippen LogP contribution >= 0.6 is 0 Å². The molecule has 1 fully saturated rings. The zero-order valence-electron chi connectivity index (χ0n) is 15.3. The highest BCUT2D eigenvalue weighted by molar-refractivity contribution is 5.96. The minimum atomic E-state index is -0.424. The number of Topliss-reactive ketones (excluding diaryl/α,β-unsaturated/α-hetero) is 1. The van der Waals surface area contributed by atoms with Crippen molar-refractivity contribution in [2.24, 2.45) is 5.92 Å². The average Bonchev–Trinajstić information content (AvgIpc) is 2.68. The van der Waals surface area contributed by atoms with Gasteiger partial charge in [-0.25, -0.2) is 4.79 Å². The molecule has 4 nitrogen and oxygen atoms in total. The number of benzene rings is 1. The molecule has 1 aromatic carbocycles. The van der Waals surface area contributed by atoms with Gasteiger partial charge in [-0.3, -0.25) is 4.79 Å². The topological polar surface area (TPSA) is 52.6 Å². The summed E-state index contributed by atoms with van der Waals surface area (Å²) in [4.78, 5) is 25.1. The van der Waals surface area contributed by atoms with Crippen LogP contribution in [0.15, 0.2) is 42.2 Å². The van der Waals surface area contributed by atoms with Crippen LogP contribution in [-0.4, -0.2) is 18.4 Å². The van der Waals surface area contributed by atoms with Gasteiger partial charge < -0.3 is 9.47 Å². The molecule has 1 unspecified atom stereocenters. The molecule has 1 aromatic rings. The first-order valence-corrected chi connectivity index (χ1v) is 9.50. The van der Waals surface area contributed by atoms with E-state index < -0.39 is 5.97 Å². The Kier molecular flexibility index (Phi) is 6.26. The zero-order valence-corrected chi connectivity index (χ0v) is 15.3. The summed E-state index contributed by atoms with van der Waals surface area (Å²) in [5.41, 5.74) is 2.45. The second-order valence-corrected chi connectivity index (χ2v) is 6.88. The first kappa shape index (κ1) is 18.4. The van der Waals surface area contributed by atoms with Crippen LogP contribution in [-0.2, 0) is 19.1 Å². The van der Waals surface area contributed by atoms with E-state index in [2.05, 4.69) is 0 Å². The van der Waals surface area contributed by atoms with E-state index in [1.54, 1.807) is 19.3 Å². The molecule has 0 saturated heterocycles. The Hall–Kier alpha value is -2.36. The van der Waals surface area contributed by atoms with Crippen molar-refractivity contribution in [3.8, 4) is 0 Å². The van der Waals surface area contributed by atoms with Crippen LogP contribution in [0.25, 0.3) is 6.08 Å². The predicted octanol–water partition coefficient (Wildman–Crippen LogP) is 4.76. The minimum absolute atomic E-state index is 0.0704. The molecular weight excluding hydrogens is 328 g/mol. The van der Waals surface area contributed by atoms with Crippen LogP contribution in [0.2, 0.25) is 0 Å². The SMILES string of the molecule is CCOC(=O)/C(=C/C1OC=Cc2ccccc21)CC(=O)C1CCCCC1. The lowest BCUT2D eigenvalue weighted by molar-refractivity contribution is -0.139. The molecule has 26 heavy (non-hydrogen) atoms. The van der Waals surface area contributed by atoms with Crippen molar-refractivity contribution in [1.29, 1.82) is 0 Å². The normalized spacial score (nSPS) is 20.2. The second kappa shape index (κ2) is 8.84. The number of rotatable bonds is 6. The van der Waals surface area contributed by atoms with Crippen LogP contribution in [0.5, 0.6) is 0 Å². The number of carbonyl (C=O) groups is 2. The van der Waals surface area contributed by atoms with Gasteiger partial charge in [-0.05, 0) is 37.5 Å². The van der Waals surface area contributed by atoms with E-state index in [4.69, 9.17) is 9.47 Å². The van der Waals surface area contributed by atoms with Crippen molar-refractivity contribution < 1.29 is 19.1 Å². The molecule has 1 aliphatic carbocycles. The van der Waals surface area contributed by atoms with Crippen LogP contribution in [0.4, 0.5) is 0 Å². The molecule has 0 amide bonds. The van der Waals surface area contributed by atoms with Crippen molar-refractivity contribution in [3.05, 3.63) is 53.3 Å². The molecule has 0 radical (unpaired) electrons. The first-order valence-electron chi connectivity index (χ1n) is 9.50. The van der Waals surface area contributed by atoms with Gasteiger partial charge in [0.15, 0.2) is 0 Å². The number of esters is 1. The van der Waals surface area contributed by atoms with Gasteiger partial charge >= 0.3 is 5.97 Å². The third-order valence-electron chi connectivity index (χ3n) is 5.09. The lowest BCUT2D eigenvalue weighted by atomic mass is 9.84. The Labute approximate surface area is 154 Å². The van der Waals surface area contributed by atoms with E-state index in [9.17, 15) is 9.59 Å². The van der Waals surface area contributed by atoms with Crippen molar-refractivity contribution >= 4 is 17.8 Å². The standard InChI is InChI=1S/C22H26O4/c1-2-25-22(24)18(14-20(23)17-9-4-3-5-10-17)15-21-19-11-7-6-8-16(19)12-13-26-21/h6-8,11-13,15,17,21H,2-5,9-10,14H2,1H3/b18-15+. The van der Waals surface area contributed by atoms with Crippen LogP contribution in [0.1, 0.15) is 62.7 Å². The number of carbonyl (C=O) groups excluding carboxylic acids is 2. The number of ether oxygens (including phenoxy) is 2. The maximum Gasteiger partial charge on any atom is 0.334 e. The lowest BCUT2D eigenvalue weighted by Crippen LogP contribution is -2.21. The molecule has 1 heterocycles. The highest BCUT2D eigenvalue weighted by Gasteiger charge is 2.26. The summed E-state index contributed by atoms with van der Waals surface area (Å²) in [5, 5.41) is 0. The van der Waals surface area contributed by atoms with Gasteiger partial charge in [0.25, 0.3) is 0 Å². The van der Waals surface area contributed by atoms with Crippen molar-refractivity contribution in [1.82, 2.24) is 0 Å². The predicted molar refractivity (Wildman–Crippen MR) is 100 cm³/mol. The highest BCUT2D eigenvalue weighted by atomic mass is 16.5. The summed E-state index contributed by atoms with van der Waals surface area (Å²) >= 11 is 0. The van der Waals surface area contributed by atoms with Gasteiger partial charge in [0.05, 0.1) is 12.9 Å². The van der Waals surface area contributed by atoms with Crippen LogP contribution < -0.4 is 0 Å². The summed E-state index contributed by atoms with van der Waals surface area (Å²) in [6.45, 7) is 2.06. The molecule has 2 aliphatic rings. The van der Waals surface area contributed by atoms with Gasteiger partial charge in [-0.1, -0.05) is 43.5 Å². The minimum Gasteiger partial charge on any atom is -0.489 e. The molecule has 1 atom stereocenters. The molecule has 138 valence electrons. The highest BCUT2D eigenvalue weighted by Crippen LogP contribution is 2.31. The fourth-order valence-electron chi connectivity index (χ4n) is 3.68. The van der Waals surface area contributed by atoms with E-state index in [1.807, 2.05) is 30.3 Å². The maximum absolute atomic E-state index is 12.7. The first-order chi connectivity index (χ1) is 12.7. The molecule has 1 aliphatic heterocycles. The monoisotopic (exact) mass is 354 g/mol. The molecule has 0 N–H and O–H groups in total. The second-order valence-electron chi connectivity index (χ2n) is 6.88. The molecule has 0 bridgehead atoms. The summed E-state index contributed by atoms with van der Waals surface area (Å²) in [6, 6.07) is 7.89. The Balaban J connectivity index is 1.81. The molecule has 1 saturated carbocycles. The largest absolute Gasteiger partial charge is 0.489 e. The third-order valence-corrected chi connectivity index (χ3v) is 5.09. The van der Waals surface area contributed by atoms with Gasteiger partial charge in [0, 0.05) is 23.5 Å².